The quantitative estimate of drug-likeness (QED) is 0.892. The SMILES string of the molecule is O=C1NC2CCC(c3cccc(-c4nnco4)c3Cl)CC2N1. The minimum atomic E-state index is -0.0682. The maximum absolute atomic E-state index is 11.5. The number of carbonyl (C=O) groups excluding carboxylic acids is 1. The van der Waals surface area contributed by atoms with Crippen molar-refractivity contribution < 1.29 is 9.21 Å². The molecular formula is C15H15ClN4O2. The summed E-state index contributed by atoms with van der Waals surface area (Å²) in [4.78, 5) is 11.5. The molecule has 2 fully saturated rings. The van der Waals surface area contributed by atoms with Crippen molar-refractivity contribution in [3.63, 3.8) is 0 Å². The number of nitrogens with zero attached hydrogens (tertiary/aromatic N) is 2. The Morgan fingerprint density at radius 3 is 2.91 bits per heavy atom. The number of nitrogens with one attached hydrogen (secondary N) is 2. The van der Waals surface area contributed by atoms with E-state index in [9.17, 15) is 4.79 Å². The van der Waals surface area contributed by atoms with Gasteiger partial charge in [-0.15, -0.1) is 10.2 Å². The number of halogens is 1. The smallest absolute Gasteiger partial charge is 0.315 e. The molecule has 1 saturated heterocycles. The summed E-state index contributed by atoms with van der Waals surface area (Å²) < 4.78 is 5.25. The van der Waals surface area contributed by atoms with Crippen molar-refractivity contribution in [2.45, 2.75) is 37.3 Å². The Labute approximate surface area is 132 Å². The molecule has 2 aliphatic rings. The van der Waals surface area contributed by atoms with Crippen LogP contribution in [0, 0.1) is 0 Å². The number of carbonyl (C=O) groups is 1. The Balaban J connectivity index is 1.63. The molecule has 3 unspecified atom stereocenters. The third-order valence-corrected chi connectivity index (χ3v) is 4.96. The highest BCUT2D eigenvalue weighted by Gasteiger charge is 2.38. The van der Waals surface area contributed by atoms with Gasteiger partial charge in [0.25, 0.3) is 0 Å². The minimum absolute atomic E-state index is 0.0682. The van der Waals surface area contributed by atoms with E-state index in [4.69, 9.17) is 16.0 Å². The first-order chi connectivity index (χ1) is 10.7. The molecule has 114 valence electrons. The Morgan fingerprint density at radius 2 is 2.09 bits per heavy atom. The van der Waals surface area contributed by atoms with Crippen LogP contribution in [0.15, 0.2) is 29.0 Å². The average Bonchev–Trinajstić information content (AvgIpc) is 3.15. The van der Waals surface area contributed by atoms with Gasteiger partial charge in [-0.3, -0.25) is 0 Å². The summed E-state index contributed by atoms with van der Waals surface area (Å²) in [6.07, 6.45) is 4.13. The molecule has 7 heteroatoms. The van der Waals surface area contributed by atoms with E-state index in [1.807, 2.05) is 18.2 Å². The number of hydrogen-bond donors (Lipinski definition) is 2. The maximum Gasteiger partial charge on any atom is 0.315 e. The van der Waals surface area contributed by atoms with Gasteiger partial charge in [-0.2, -0.15) is 0 Å². The molecule has 0 bridgehead atoms. The van der Waals surface area contributed by atoms with Gasteiger partial charge in [0.15, 0.2) is 0 Å². The van der Waals surface area contributed by atoms with Gasteiger partial charge < -0.3 is 15.1 Å². The summed E-state index contributed by atoms with van der Waals surface area (Å²) in [7, 11) is 0. The zero-order valence-corrected chi connectivity index (χ0v) is 12.5. The zero-order chi connectivity index (χ0) is 15.1. The van der Waals surface area contributed by atoms with Crippen LogP contribution >= 0.6 is 11.6 Å². The van der Waals surface area contributed by atoms with Crippen molar-refractivity contribution >= 4 is 17.6 Å². The first-order valence-electron chi connectivity index (χ1n) is 7.34. The third-order valence-electron chi connectivity index (χ3n) is 4.54. The van der Waals surface area contributed by atoms with Crippen molar-refractivity contribution in [1.29, 1.82) is 0 Å². The van der Waals surface area contributed by atoms with E-state index in [1.54, 1.807) is 0 Å². The van der Waals surface area contributed by atoms with Gasteiger partial charge in [0.2, 0.25) is 12.3 Å². The molecule has 1 aliphatic heterocycles. The van der Waals surface area contributed by atoms with Crippen LogP contribution in [0.4, 0.5) is 4.79 Å². The van der Waals surface area contributed by atoms with Crippen molar-refractivity contribution in [2.24, 2.45) is 0 Å². The first kappa shape index (κ1) is 13.6. The lowest BCUT2D eigenvalue weighted by atomic mass is 9.79. The fourth-order valence-corrected chi connectivity index (χ4v) is 3.85. The Morgan fingerprint density at radius 1 is 1.23 bits per heavy atom. The molecule has 6 nitrogen and oxygen atoms in total. The van der Waals surface area contributed by atoms with E-state index in [0.29, 0.717) is 16.8 Å². The third kappa shape index (κ3) is 2.23. The average molecular weight is 319 g/mol. The second-order valence-corrected chi connectivity index (χ2v) is 6.17. The van der Waals surface area contributed by atoms with Gasteiger partial charge in [-0.25, -0.2) is 4.79 Å². The van der Waals surface area contributed by atoms with Crippen LogP contribution in [-0.4, -0.2) is 28.3 Å². The molecule has 3 atom stereocenters. The summed E-state index contributed by atoms with van der Waals surface area (Å²) in [6.45, 7) is 0. The van der Waals surface area contributed by atoms with Crippen LogP contribution < -0.4 is 10.6 Å². The highest BCUT2D eigenvalue weighted by Crippen LogP contribution is 2.40. The molecule has 2 amide bonds. The van der Waals surface area contributed by atoms with E-state index >= 15 is 0 Å². The molecule has 1 aromatic carbocycles. The minimum Gasteiger partial charge on any atom is -0.423 e. The number of benzene rings is 1. The summed E-state index contributed by atoms with van der Waals surface area (Å²) in [5.41, 5.74) is 1.84. The lowest BCUT2D eigenvalue weighted by Gasteiger charge is -2.31. The number of fused-ring (bicyclic) bond motifs is 1. The number of hydrogen-bond acceptors (Lipinski definition) is 4. The molecule has 4 rings (SSSR count). The van der Waals surface area contributed by atoms with Gasteiger partial charge >= 0.3 is 6.03 Å². The summed E-state index contributed by atoms with van der Waals surface area (Å²) in [5, 5.41) is 14.2. The number of amides is 2. The van der Waals surface area contributed by atoms with Crippen LogP contribution in [0.25, 0.3) is 11.5 Å². The maximum atomic E-state index is 11.5. The first-order valence-corrected chi connectivity index (χ1v) is 7.72. The van der Waals surface area contributed by atoms with E-state index in [-0.39, 0.29) is 18.1 Å². The normalized spacial score (nSPS) is 27.1. The van der Waals surface area contributed by atoms with Gasteiger partial charge in [-0.1, -0.05) is 23.7 Å². The molecule has 2 N–H and O–H groups in total. The Bertz CT molecular complexity index is 704. The molecule has 2 heterocycles. The molecule has 1 aromatic heterocycles. The van der Waals surface area contributed by atoms with Crippen LogP contribution in [0.5, 0.6) is 0 Å². The van der Waals surface area contributed by atoms with Gasteiger partial charge in [0, 0.05) is 0 Å². The topological polar surface area (TPSA) is 80.1 Å². The van der Waals surface area contributed by atoms with Crippen molar-refractivity contribution in [2.75, 3.05) is 0 Å². The second kappa shape index (κ2) is 5.28. The molecule has 2 aromatic rings. The highest BCUT2D eigenvalue weighted by molar-refractivity contribution is 6.34. The van der Waals surface area contributed by atoms with Crippen molar-refractivity contribution in [3.8, 4) is 11.5 Å². The standard InChI is InChI=1S/C15H15ClN4O2/c16-13-9(2-1-3-10(13)14-20-17-7-22-14)8-4-5-11-12(6-8)19-15(21)18-11/h1-3,7-8,11-12H,4-6H2,(H2,18,19,21). The largest absolute Gasteiger partial charge is 0.423 e. The monoisotopic (exact) mass is 318 g/mol. The lowest BCUT2D eigenvalue weighted by Crippen LogP contribution is -2.38. The van der Waals surface area contributed by atoms with Gasteiger partial charge in [0.1, 0.15) is 0 Å². The number of urea groups is 1. The second-order valence-electron chi connectivity index (χ2n) is 5.79. The molecule has 1 aliphatic carbocycles. The summed E-state index contributed by atoms with van der Waals surface area (Å²) >= 11 is 6.57. The fraction of sp³-hybridized carbons (Fsp3) is 0.400. The molecular weight excluding hydrogens is 304 g/mol. The summed E-state index contributed by atoms with van der Waals surface area (Å²) in [6, 6.07) is 6.22. The van der Waals surface area contributed by atoms with Crippen LogP contribution in [0.2, 0.25) is 5.02 Å². The predicted octanol–water partition coefficient (Wildman–Crippen LogP) is 2.71. The van der Waals surface area contributed by atoms with Crippen molar-refractivity contribution in [1.82, 2.24) is 20.8 Å². The van der Waals surface area contributed by atoms with Crippen LogP contribution in [0.1, 0.15) is 30.7 Å². The molecule has 1 saturated carbocycles. The van der Waals surface area contributed by atoms with Gasteiger partial charge in [-0.05, 0) is 36.8 Å². The summed E-state index contributed by atoms with van der Waals surface area (Å²) in [5.74, 6) is 0.744. The Kier molecular flexibility index (Phi) is 3.26. The number of aromatic nitrogens is 2. The molecule has 0 radical (unpaired) electrons. The van der Waals surface area contributed by atoms with Gasteiger partial charge in [0.05, 0.1) is 22.7 Å². The number of rotatable bonds is 2. The van der Waals surface area contributed by atoms with E-state index in [2.05, 4.69) is 20.8 Å². The molecule has 22 heavy (non-hydrogen) atoms. The predicted molar refractivity (Wildman–Crippen MR) is 80.6 cm³/mol. The molecule has 0 spiro atoms. The fourth-order valence-electron chi connectivity index (χ4n) is 3.48. The van der Waals surface area contributed by atoms with Crippen LogP contribution in [0.3, 0.4) is 0 Å². The Hall–Kier alpha value is -2.08. The van der Waals surface area contributed by atoms with Crippen molar-refractivity contribution in [3.05, 3.63) is 35.2 Å². The van der Waals surface area contributed by atoms with E-state index < -0.39 is 0 Å². The van der Waals surface area contributed by atoms with Crippen LogP contribution in [-0.2, 0) is 0 Å². The highest BCUT2D eigenvalue weighted by atomic mass is 35.5. The lowest BCUT2D eigenvalue weighted by molar-refractivity contribution is 0.247. The van der Waals surface area contributed by atoms with E-state index in [0.717, 1.165) is 30.4 Å². The van der Waals surface area contributed by atoms with E-state index in [1.165, 1.54) is 6.39 Å². The zero-order valence-electron chi connectivity index (χ0n) is 11.8.